The molecule has 6 N–H and O–H groups in total. The fraction of sp³-hybridized carbons (Fsp3) is 0.533. The molecule has 1 aliphatic rings. The molecule has 0 spiro atoms. The van der Waals surface area contributed by atoms with Crippen LogP contribution in [0.15, 0.2) is 18.2 Å². The number of rotatable bonds is 4. The number of carbonyl (C=O) groups excluding carboxylic acids is 1. The van der Waals surface area contributed by atoms with Crippen LogP contribution in [0.4, 0.5) is 11.4 Å². The molecule has 0 unspecified atom stereocenters. The van der Waals surface area contributed by atoms with E-state index >= 15 is 0 Å². The molecule has 1 fully saturated rings. The number of aliphatic hydroxyl groups is 1. The van der Waals surface area contributed by atoms with Crippen LogP contribution < -0.4 is 16.8 Å². The van der Waals surface area contributed by atoms with E-state index in [0.717, 1.165) is 31.4 Å². The Labute approximate surface area is 119 Å². The second kappa shape index (κ2) is 5.71. The van der Waals surface area contributed by atoms with E-state index in [0.29, 0.717) is 17.2 Å². The Hall–Kier alpha value is -1.75. The molecule has 0 radical (unpaired) electrons. The molecule has 1 aliphatic carbocycles. The Bertz CT molecular complexity index is 494. The zero-order valence-corrected chi connectivity index (χ0v) is 11.9. The summed E-state index contributed by atoms with van der Waals surface area (Å²) in [5.74, 6) is 0.206. The van der Waals surface area contributed by atoms with Crippen molar-refractivity contribution in [2.24, 2.45) is 11.7 Å². The van der Waals surface area contributed by atoms with Gasteiger partial charge in [-0.3, -0.25) is 4.79 Å². The highest BCUT2D eigenvalue weighted by Crippen LogP contribution is 2.35. The van der Waals surface area contributed by atoms with Gasteiger partial charge in [0.1, 0.15) is 0 Å². The fourth-order valence-electron chi connectivity index (χ4n) is 2.75. The quantitative estimate of drug-likeness (QED) is 0.629. The largest absolute Gasteiger partial charge is 0.397 e. The number of primary amides is 1. The Morgan fingerprint density at radius 2 is 2.10 bits per heavy atom. The molecule has 5 nitrogen and oxygen atoms in total. The number of aliphatic hydroxyl groups excluding tert-OH is 1. The number of benzene rings is 1. The molecule has 0 heterocycles. The van der Waals surface area contributed by atoms with Crippen molar-refractivity contribution in [2.45, 2.75) is 38.1 Å². The summed E-state index contributed by atoms with van der Waals surface area (Å²) in [6.45, 7) is 2.31. The lowest BCUT2D eigenvalue weighted by Gasteiger charge is -2.39. The van der Waals surface area contributed by atoms with Crippen LogP contribution in [0.1, 0.15) is 43.0 Å². The van der Waals surface area contributed by atoms with Crippen LogP contribution >= 0.6 is 0 Å². The first-order valence-corrected chi connectivity index (χ1v) is 7.04. The van der Waals surface area contributed by atoms with Crippen molar-refractivity contribution in [1.82, 2.24) is 0 Å². The SMILES string of the molecule is CC1CCC(CO)(Nc2ccc(C(N)=O)cc2N)CC1. The summed E-state index contributed by atoms with van der Waals surface area (Å²) in [5, 5.41) is 13.1. The summed E-state index contributed by atoms with van der Waals surface area (Å²) in [7, 11) is 0. The molecule has 1 aromatic carbocycles. The molecule has 1 saturated carbocycles. The van der Waals surface area contributed by atoms with E-state index in [1.54, 1.807) is 18.2 Å². The van der Waals surface area contributed by atoms with Crippen LogP contribution in [0.3, 0.4) is 0 Å². The highest BCUT2D eigenvalue weighted by atomic mass is 16.3. The lowest BCUT2D eigenvalue weighted by atomic mass is 9.77. The first kappa shape index (κ1) is 14.7. The molecule has 1 aromatic rings. The summed E-state index contributed by atoms with van der Waals surface area (Å²) in [6.07, 6.45) is 4.02. The van der Waals surface area contributed by atoms with Crippen molar-refractivity contribution in [3.63, 3.8) is 0 Å². The zero-order chi connectivity index (χ0) is 14.8. The molecule has 1 amide bonds. The molecule has 2 rings (SSSR count). The van der Waals surface area contributed by atoms with Crippen LogP contribution in [0.5, 0.6) is 0 Å². The maximum Gasteiger partial charge on any atom is 0.248 e. The number of amides is 1. The second-order valence-corrected chi connectivity index (χ2v) is 5.91. The number of carbonyl (C=O) groups is 1. The number of hydrogen-bond donors (Lipinski definition) is 4. The van der Waals surface area contributed by atoms with Crippen molar-refractivity contribution in [3.8, 4) is 0 Å². The number of nitrogen functional groups attached to an aromatic ring is 1. The average Bonchev–Trinajstić information content (AvgIpc) is 2.43. The summed E-state index contributed by atoms with van der Waals surface area (Å²) in [6, 6.07) is 4.98. The van der Waals surface area contributed by atoms with Crippen LogP contribution in [-0.2, 0) is 0 Å². The molecule has 110 valence electrons. The first-order valence-electron chi connectivity index (χ1n) is 7.04. The van der Waals surface area contributed by atoms with E-state index in [2.05, 4.69) is 12.2 Å². The van der Waals surface area contributed by atoms with Gasteiger partial charge in [0.15, 0.2) is 0 Å². The third-order valence-corrected chi connectivity index (χ3v) is 4.27. The Balaban J connectivity index is 2.17. The number of nitrogens with two attached hydrogens (primary N) is 2. The van der Waals surface area contributed by atoms with Gasteiger partial charge in [-0.1, -0.05) is 6.92 Å². The van der Waals surface area contributed by atoms with E-state index in [1.807, 2.05) is 0 Å². The van der Waals surface area contributed by atoms with Crippen molar-refractivity contribution in [1.29, 1.82) is 0 Å². The molecule has 0 aliphatic heterocycles. The summed E-state index contributed by atoms with van der Waals surface area (Å²) < 4.78 is 0. The lowest BCUT2D eigenvalue weighted by molar-refractivity contribution is 0.100. The Morgan fingerprint density at radius 1 is 1.45 bits per heavy atom. The molecule has 5 heteroatoms. The molecule has 0 atom stereocenters. The summed E-state index contributed by atoms with van der Waals surface area (Å²) >= 11 is 0. The van der Waals surface area contributed by atoms with Crippen molar-refractivity contribution in [3.05, 3.63) is 23.8 Å². The van der Waals surface area contributed by atoms with Gasteiger partial charge in [0, 0.05) is 5.56 Å². The number of nitrogens with one attached hydrogen (secondary N) is 1. The maximum absolute atomic E-state index is 11.1. The zero-order valence-electron chi connectivity index (χ0n) is 11.9. The maximum atomic E-state index is 11.1. The molecule has 20 heavy (non-hydrogen) atoms. The number of anilines is 2. The van der Waals surface area contributed by atoms with Gasteiger partial charge in [0.25, 0.3) is 0 Å². The minimum Gasteiger partial charge on any atom is -0.397 e. The van der Waals surface area contributed by atoms with Crippen LogP contribution in [0, 0.1) is 5.92 Å². The third kappa shape index (κ3) is 3.04. The predicted molar refractivity (Wildman–Crippen MR) is 80.4 cm³/mol. The fourth-order valence-corrected chi connectivity index (χ4v) is 2.75. The van der Waals surface area contributed by atoms with E-state index in [9.17, 15) is 9.90 Å². The normalized spacial score (nSPS) is 26.2. The molecular formula is C15H23N3O2. The topological polar surface area (TPSA) is 101 Å². The van der Waals surface area contributed by atoms with E-state index < -0.39 is 5.91 Å². The highest BCUT2D eigenvalue weighted by molar-refractivity contribution is 5.94. The summed E-state index contributed by atoms with van der Waals surface area (Å²) in [5.41, 5.74) is 12.5. The predicted octanol–water partition coefficient (Wildman–Crippen LogP) is 1.72. The van der Waals surface area contributed by atoms with Crippen molar-refractivity contribution in [2.75, 3.05) is 17.7 Å². The average molecular weight is 277 g/mol. The van der Waals surface area contributed by atoms with Crippen molar-refractivity contribution >= 4 is 17.3 Å². The lowest BCUT2D eigenvalue weighted by Crippen LogP contribution is -2.45. The third-order valence-electron chi connectivity index (χ3n) is 4.27. The van der Waals surface area contributed by atoms with Crippen LogP contribution in [-0.4, -0.2) is 23.2 Å². The monoisotopic (exact) mass is 277 g/mol. The van der Waals surface area contributed by atoms with Gasteiger partial charge >= 0.3 is 0 Å². The Kier molecular flexibility index (Phi) is 4.18. The first-order chi connectivity index (χ1) is 9.46. The van der Waals surface area contributed by atoms with Gasteiger partial charge in [-0.25, -0.2) is 0 Å². The Morgan fingerprint density at radius 3 is 2.60 bits per heavy atom. The van der Waals surface area contributed by atoms with Gasteiger partial charge < -0.3 is 21.9 Å². The van der Waals surface area contributed by atoms with E-state index in [4.69, 9.17) is 11.5 Å². The van der Waals surface area contributed by atoms with Gasteiger partial charge in [-0.15, -0.1) is 0 Å². The standard InChI is InChI=1S/C15H23N3O2/c1-10-4-6-15(9-19,7-5-10)18-13-3-2-11(14(17)20)8-12(13)16/h2-3,8,10,18-19H,4-7,9,16H2,1H3,(H2,17,20). The molecular weight excluding hydrogens is 254 g/mol. The van der Waals surface area contributed by atoms with E-state index in [-0.39, 0.29) is 12.1 Å². The van der Waals surface area contributed by atoms with Gasteiger partial charge in [-0.05, 0) is 49.8 Å². The number of hydrogen-bond acceptors (Lipinski definition) is 4. The van der Waals surface area contributed by atoms with Crippen LogP contribution in [0.2, 0.25) is 0 Å². The molecule has 0 bridgehead atoms. The minimum atomic E-state index is -0.494. The van der Waals surface area contributed by atoms with Gasteiger partial charge in [-0.2, -0.15) is 0 Å². The van der Waals surface area contributed by atoms with E-state index in [1.165, 1.54) is 0 Å². The summed E-state index contributed by atoms with van der Waals surface area (Å²) in [4.78, 5) is 11.1. The molecule has 0 saturated heterocycles. The minimum absolute atomic E-state index is 0.0801. The highest BCUT2D eigenvalue weighted by Gasteiger charge is 2.33. The van der Waals surface area contributed by atoms with Gasteiger partial charge in [0.2, 0.25) is 5.91 Å². The molecule has 0 aromatic heterocycles. The van der Waals surface area contributed by atoms with Crippen molar-refractivity contribution < 1.29 is 9.90 Å². The van der Waals surface area contributed by atoms with Crippen LogP contribution in [0.25, 0.3) is 0 Å². The smallest absolute Gasteiger partial charge is 0.248 e. The second-order valence-electron chi connectivity index (χ2n) is 5.91. The van der Waals surface area contributed by atoms with Gasteiger partial charge in [0.05, 0.1) is 23.5 Å².